The van der Waals surface area contributed by atoms with Crippen molar-refractivity contribution in [2.45, 2.75) is 18.9 Å². The first-order valence-electron chi connectivity index (χ1n) is 10.4. The predicted molar refractivity (Wildman–Crippen MR) is 145 cm³/mol. The van der Waals surface area contributed by atoms with Crippen molar-refractivity contribution in [3.63, 3.8) is 0 Å². The molecule has 0 aromatic heterocycles. The highest BCUT2D eigenvalue weighted by molar-refractivity contribution is 14.1. The second kappa shape index (κ2) is 10.6. The second-order valence-corrected chi connectivity index (χ2v) is 9.68. The van der Waals surface area contributed by atoms with Gasteiger partial charge >= 0.3 is 0 Å². The van der Waals surface area contributed by atoms with Crippen LogP contribution >= 0.6 is 46.4 Å². The van der Waals surface area contributed by atoms with E-state index in [-0.39, 0.29) is 18.2 Å². The summed E-state index contributed by atoms with van der Waals surface area (Å²) in [6, 6.07) is 23.8. The van der Waals surface area contributed by atoms with E-state index in [0.717, 1.165) is 9.13 Å². The van der Waals surface area contributed by atoms with E-state index in [1.807, 2.05) is 59.5 Å². The summed E-state index contributed by atoms with van der Waals surface area (Å²) in [5.74, 6) is -0.451. The fraction of sp³-hybridized carbons (Fsp3) is 0.160. The van der Waals surface area contributed by atoms with Gasteiger partial charge in [-0.15, -0.1) is 0 Å². The van der Waals surface area contributed by atoms with E-state index < -0.39 is 6.04 Å². The zero-order valence-corrected chi connectivity index (χ0v) is 21.3. The summed E-state index contributed by atoms with van der Waals surface area (Å²) in [7, 11) is 0. The maximum Gasteiger partial charge on any atom is 0.256 e. The third-order valence-corrected chi connectivity index (χ3v) is 6.78. The Morgan fingerprint density at radius 3 is 2.33 bits per heavy atom. The van der Waals surface area contributed by atoms with Gasteiger partial charge in [-0.2, -0.15) is 0 Å². The molecular formula is C25H21ClIN3O2S. The van der Waals surface area contributed by atoms with Crippen LogP contribution in [0, 0.1) is 3.57 Å². The van der Waals surface area contributed by atoms with Gasteiger partial charge in [-0.25, -0.2) is 0 Å². The third kappa shape index (κ3) is 5.72. The fourth-order valence-electron chi connectivity index (χ4n) is 3.73. The lowest BCUT2D eigenvalue weighted by molar-refractivity contribution is -0.124. The molecule has 1 aliphatic heterocycles. The highest BCUT2D eigenvalue weighted by atomic mass is 127. The monoisotopic (exact) mass is 589 g/mol. The molecule has 1 fully saturated rings. The topological polar surface area (TPSA) is 52.7 Å². The Morgan fingerprint density at radius 1 is 1.00 bits per heavy atom. The molecule has 0 radical (unpaired) electrons. The van der Waals surface area contributed by atoms with Gasteiger partial charge in [0.15, 0.2) is 5.11 Å². The number of anilines is 2. The van der Waals surface area contributed by atoms with Crippen molar-refractivity contribution in [3.05, 3.63) is 93.0 Å². The molecule has 4 rings (SSSR count). The van der Waals surface area contributed by atoms with E-state index in [2.05, 4.69) is 27.9 Å². The van der Waals surface area contributed by atoms with Crippen LogP contribution in [0.2, 0.25) is 5.02 Å². The first-order chi connectivity index (χ1) is 15.9. The molecule has 0 aliphatic carbocycles. The molecule has 1 unspecified atom stereocenters. The number of nitrogens with zero attached hydrogens (tertiary/aromatic N) is 2. The number of amides is 2. The molecule has 1 saturated heterocycles. The van der Waals surface area contributed by atoms with E-state index in [9.17, 15) is 9.59 Å². The summed E-state index contributed by atoms with van der Waals surface area (Å²) >= 11 is 13.9. The number of thiocarbonyl (C=S) groups is 1. The SMILES string of the molecule is O=C(CC1C(=O)N(c2ccc(Cl)cc2)C(=S)N1CCc1ccccc1)Nc1ccc(I)cc1. The minimum absolute atomic E-state index is 0.00381. The molecule has 1 atom stereocenters. The molecule has 3 aromatic rings. The van der Waals surface area contributed by atoms with Crippen molar-refractivity contribution >= 4 is 74.7 Å². The molecule has 168 valence electrons. The van der Waals surface area contributed by atoms with Crippen molar-refractivity contribution in [1.82, 2.24) is 4.90 Å². The fourth-order valence-corrected chi connectivity index (χ4v) is 4.63. The third-order valence-electron chi connectivity index (χ3n) is 5.39. The number of hydrogen-bond donors (Lipinski definition) is 1. The second-order valence-electron chi connectivity index (χ2n) is 7.64. The number of rotatable bonds is 7. The first kappa shape index (κ1) is 23.7. The van der Waals surface area contributed by atoms with E-state index in [1.165, 1.54) is 4.90 Å². The first-order valence-corrected chi connectivity index (χ1v) is 12.3. The average molecular weight is 590 g/mol. The Hall–Kier alpha value is -2.49. The van der Waals surface area contributed by atoms with Gasteiger partial charge in [0.1, 0.15) is 6.04 Å². The summed E-state index contributed by atoms with van der Waals surface area (Å²) in [5.41, 5.74) is 2.47. The summed E-state index contributed by atoms with van der Waals surface area (Å²) in [6.07, 6.45) is 0.710. The van der Waals surface area contributed by atoms with Crippen molar-refractivity contribution in [2.75, 3.05) is 16.8 Å². The Morgan fingerprint density at radius 2 is 1.67 bits per heavy atom. The van der Waals surface area contributed by atoms with Crippen LogP contribution in [0.25, 0.3) is 0 Å². The quantitative estimate of drug-likeness (QED) is 0.291. The number of carbonyl (C=O) groups is 2. The van der Waals surface area contributed by atoms with Crippen LogP contribution < -0.4 is 10.2 Å². The Labute approximate surface area is 216 Å². The van der Waals surface area contributed by atoms with Crippen molar-refractivity contribution in [1.29, 1.82) is 0 Å². The van der Waals surface area contributed by atoms with Gasteiger partial charge in [0, 0.05) is 20.8 Å². The molecular weight excluding hydrogens is 569 g/mol. The largest absolute Gasteiger partial charge is 0.336 e. The minimum atomic E-state index is -0.680. The van der Waals surface area contributed by atoms with Gasteiger partial charge in [0.05, 0.1) is 12.1 Å². The lowest BCUT2D eigenvalue weighted by atomic mass is 10.1. The van der Waals surface area contributed by atoms with E-state index in [1.54, 1.807) is 24.3 Å². The molecule has 1 N–H and O–H groups in total. The zero-order chi connectivity index (χ0) is 23.4. The van der Waals surface area contributed by atoms with Crippen LogP contribution in [0.15, 0.2) is 78.9 Å². The van der Waals surface area contributed by atoms with E-state index in [4.69, 9.17) is 23.8 Å². The van der Waals surface area contributed by atoms with Crippen molar-refractivity contribution < 1.29 is 9.59 Å². The van der Waals surface area contributed by atoms with E-state index >= 15 is 0 Å². The molecule has 8 heteroatoms. The van der Waals surface area contributed by atoms with Crippen LogP contribution in [0.1, 0.15) is 12.0 Å². The minimum Gasteiger partial charge on any atom is -0.336 e. The molecule has 2 amide bonds. The van der Waals surface area contributed by atoms with Crippen LogP contribution in [-0.4, -0.2) is 34.4 Å². The summed E-state index contributed by atoms with van der Waals surface area (Å²) in [5, 5.41) is 3.86. The van der Waals surface area contributed by atoms with Gasteiger partial charge in [-0.05, 0) is 95.3 Å². The molecule has 33 heavy (non-hydrogen) atoms. The maximum absolute atomic E-state index is 13.4. The van der Waals surface area contributed by atoms with Crippen LogP contribution in [-0.2, 0) is 16.0 Å². The lowest BCUT2D eigenvalue weighted by Gasteiger charge is -2.24. The molecule has 3 aromatic carbocycles. The number of hydrogen-bond acceptors (Lipinski definition) is 3. The molecule has 1 heterocycles. The zero-order valence-electron chi connectivity index (χ0n) is 17.6. The molecule has 1 aliphatic rings. The summed E-state index contributed by atoms with van der Waals surface area (Å²) in [4.78, 5) is 29.6. The Kier molecular flexibility index (Phi) is 7.62. The van der Waals surface area contributed by atoms with Gasteiger partial charge in [0.25, 0.3) is 5.91 Å². The molecule has 0 spiro atoms. The number of benzene rings is 3. The van der Waals surface area contributed by atoms with Crippen LogP contribution in [0.4, 0.5) is 11.4 Å². The smallest absolute Gasteiger partial charge is 0.256 e. The Balaban J connectivity index is 1.55. The van der Waals surface area contributed by atoms with Crippen molar-refractivity contribution in [3.8, 4) is 0 Å². The Bertz CT molecular complexity index is 1160. The summed E-state index contributed by atoms with van der Waals surface area (Å²) in [6.45, 7) is 0.528. The predicted octanol–water partition coefficient (Wildman–Crippen LogP) is 5.52. The lowest BCUT2D eigenvalue weighted by Crippen LogP contribution is -2.39. The normalized spacial score (nSPS) is 15.8. The van der Waals surface area contributed by atoms with E-state index in [0.29, 0.717) is 34.5 Å². The summed E-state index contributed by atoms with van der Waals surface area (Å²) < 4.78 is 1.08. The standard InChI is InChI=1S/C25H21ClIN3O2S/c26-18-6-12-21(13-7-18)30-24(32)22(16-23(31)28-20-10-8-19(27)9-11-20)29(25(30)33)15-14-17-4-2-1-3-5-17/h1-13,22H,14-16H2,(H,28,31). The highest BCUT2D eigenvalue weighted by Crippen LogP contribution is 2.28. The van der Waals surface area contributed by atoms with Crippen LogP contribution in [0.3, 0.4) is 0 Å². The van der Waals surface area contributed by atoms with Gasteiger partial charge in [-0.3, -0.25) is 14.5 Å². The van der Waals surface area contributed by atoms with Crippen LogP contribution in [0.5, 0.6) is 0 Å². The molecule has 0 bridgehead atoms. The van der Waals surface area contributed by atoms with Gasteiger partial charge < -0.3 is 10.2 Å². The number of carbonyl (C=O) groups excluding carboxylic acids is 2. The molecule has 5 nitrogen and oxygen atoms in total. The highest BCUT2D eigenvalue weighted by Gasteiger charge is 2.43. The van der Waals surface area contributed by atoms with Crippen molar-refractivity contribution in [2.24, 2.45) is 0 Å². The van der Waals surface area contributed by atoms with Gasteiger partial charge in [-0.1, -0.05) is 41.9 Å². The maximum atomic E-state index is 13.4. The number of nitrogens with one attached hydrogen (secondary N) is 1. The molecule has 0 saturated carbocycles. The average Bonchev–Trinajstić information content (AvgIpc) is 3.04. The number of halogens is 2. The van der Waals surface area contributed by atoms with Gasteiger partial charge in [0.2, 0.25) is 5.91 Å².